The average molecular weight is 296 g/mol. The van der Waals surface area contributed by atoms with Gasteiger partial charge in [0, 0.05) is 11.6 Å². The largest absolute Gasteiger partial charge is 0.345 e. The van der Waals surface area contributed by atoms with Crippen molar-refractivity contribution < 1.29 is 26.7 Å². The summed E-state index contributed by atoms with van der Waals surface area (Å²) in [6.45, 7) is 4.40. The number of nitrogens with two attached hydrogens (primary N) is 1. The molecule has 1 amide bonds. The summed E-state index contributed by atoms with van der Waals surface area (Å²) in [5, 5.41) is 2.13. The predicted octanol–water partition coefficient (Wildman–Crippen LogP) is 2.24. The molecule has 3 N–H and O–H groups in total. The van der Waals surface area contributed by atoms with Crippen LogP contribution in [0.3, 0.4) is 0 Å². The molecule has 0 spiro atoms. The van der Waals surface area contributed by atoms with Crippen LogP contribution >= 0.6 is 0 Å². The van der Waals surface area contributed by atoms with Gasteiger partial charge in [0.1, 0.15) is 5.56 Å². The Morgan fingerprint density at radius 1 is 1.00 bits per heavy atom. The third kappa shape index (κ3) is 2.74. The van der Waals surface area contributed by atoms with E-state index in [-0.39, 0.29) is 0 Å². The van der Waals surface area contributed by atoms with Crippen molar-refractivity contribution in [2.75, 3.05) is 0 Å². The van der Waals surface area contributed by atoms with Crippen LogP contribution in [0.15, 0.2) is 0 Å². The monoisotopic (exact) mass is 296 g/mol. The van der Waals surface area contributed by atoms with Crippen LogP contribution in [0.2, 0.25) is 0 Å². The fourth-order valence-corrected chi connectivity index (χ4v) is 1.27. The van der Waals surface area contributed by atoms with E-state index in [4.69, 9.17) is 5.73 Å². The van der Waals surface area contributed by atoms with E-state index < -0.39 is 52.1 Å². The van der Waals surface area contributed by atoms with Crippen molar-refractivity contribution in [3.05, 3.63) is 34.6 Å². The molecule has 1 aromatic rings. The van der Waals surface area contributed by atoms with Gasteiger partial charge in [0.2, 0.25) is 5.82 Å². The highest BCUT2D eigenvalue weighted by Gasteiger charge is 2.33. The SMILES string of the molecule is CC(N)C(C)(C)NC(=O)c1c(F)c(F)c(F)c(F)c1F. The lowest BCUT2D eigenvalue weighted by Crippen LogP contribution is -2.54. The number of carbonyl (C=O) groups is 1. The zero-order chi connectivity index (χ0) is 15.8. The van der Waals surface area contributed by atoms with Crippen LogP contribution in [0, 0.1) is 29.1 Å². The lowest BCUT2D eigenvalue weighted by atomic mass is 9.96. The van der Waals surface area contributed by atoms with E-state index in [2.05, 4.69) is 5.32 Å². The van der Waals surface area contributed by atoms with E-state index in [0.717, 1.165) is 0 Å². The lowest BCUT2D eigenvalue weighted by molar-refractivity contribution is 0.0891. The van der Waals surface area contributed by atoms with Crippen molar-refractivity contribution in [2.24, 2.45) is 5.73 Å². The fraction of sp³-hybridized carbons (Fsp3) is 0.417. The normalized spacial score (nSPS) is 13.2. The first kappa shape index (κ1) is 16.4. The second-order valence-electron chi connectivity index (χ2n) is 4.91. The zero-order valence-electron chi connectivity index (χ0n) is 11.0. The summed E-state index contributed by atoms with van der Waals surface area (Å²) in [6, 6.07) is -0.618. The predicted molar refractivity (Wildman–Crippen MR) is 61.4 cm³/mol. The third-order valence-corrected chi connectivity index (χ3v) is 3.01. The fourth-order valence-electron chi connectivity index (χ4n) is 1.27. The summed E-state index contributed by atoms with van der Waals surface area (Å²) < 4.78 is 65.7. The zero-order valence-corrected chi connectivity index (χ0v) is 11.0. The molecule has 0 aliphatic heterocycles. The first-order chi connectivity index (χ1) is 9.00. The van der Waals surface area contributed by atoms with Crippen molar-refractivity contribution >= 4 is 5.91 Å². The van der Waals surface area contributed by atoms with E-state index in [9.17, 15) is 26.7 Å². The molecule has 0 fully saturated rings. The van der Waals surface area contributed by atoms with Crippen LogP contribution in [0.25, 0.3) is 0 Å². The van der Waals surface area contributed by atoms with Crippen molar-refractivity contribution in [3.63, 3.8) is 0 Å². The van der Waals surface area contributed by atoms with Gasteiger partial charge in [-0.3, -0.25) is 4.79 Å². The molecule has 0 heterocycles. The number of benzene rings is 1. The Morgan fingerprint density at radius 3 is 1.70 bits per heavy atom. The van der Waals surface area contributed by atoms with Gasteiger partial charge in [0.15, 0.2) is 23.3 Å². The lowest BCUT2D eigenvalue weighted by Gasteiger charge is -2.30. The molecular weight excluding hydrogens is 283 g/mol. The van der Waals surface area contributed by atoms with E-state index in [0.29, 0.717) is 0 Å². The standard InChI is InChI=1S/C12H13F5N2O/c1-4(18)12(2,3)19-11(20)5-6(13)8(15)10(17)9(16)7(5)14/h4H,18H2,1-3H3,(H,19,20). The number of amides is 1. The highest BCUT2D eigenvalue weighted by atomic mass is 19.2. The summed E-state index contributed by atoms with van der Waals surface area (Å²) in [4.78, 5) is 11.7. The Kier molecular flexibility index (Phi) is 4.38. The van der Waals surface area contributed by atoms with Crippen molar-refractivity contribution in [3.8, 4) is 0 Å². The minimum atomic E-state index is -2.32. The summed E-state index contributed by atoms with van der Waals surface area (Å²) in [7, 11) is 0. The highest BCUT2D eigenvalue weighted by Crippen LogP contribution is 2.23. The first-order valence-corrected chi connectivity index (χ1v) is 5.60. The number of nitrogens with one attached hydrogen (secondary N) is 1. The summed E-state index contributed by atoms with van der Waals surface area (Å²) in [5.41, 5.74) is 2.91. The first-order valence-electron chi connectivity index (χ1n) is 5.60. The van der Waals surface area contributed by atoms with Crippen LogP contribution in [-0.2, 0) is 0 Å². The van der Waals surface area contributed by atoms with Crippen LogP contribution in [0.1, 0.15) is 31.1 Å². The minimum Gasteiger partial charge on any atom is -0.345 e. The molecule has 20 heavy (non-hydrogen) atoms. The molecule has 0 aliphatic rings. The van der Waals surface area contributed by atoms with Gasteiger partial charge in [-0.25, -0.2) is 22.0 Å². The summed E-state index contributed by atoms with van der Waals surface area (Å²) in [5.74, 6) is -12.5. The molecule has 1 atom stereocenters. The number of carbonyl (C=O) groups excluding carboxylic acids is 1. The van der Waals surface area contributed by atoms with Crippen molar-refractivity contribution in [2.45, 2.75) is 32.4 Å². The van der Waals surface area contributed by atoms with Gasteiger partial charge >= 0.3 is 0 Å². The molecule has 0 saturated carbocycles. The quantitative estimate of drug-likeness (QED) is 0.510. The van der Waals surface area contributed by atoms with Crippen molar-refractivity contribution in [1.82, 2.24) is 5.32 Å². The van der Waals surface area contributed by atoms with Gasteiger partial charge in [-0.05, 0) is 20.8 Å². The molecular formula is C12H13F5N2O. The van der Waals surface area contributed by atoms with E-state index in [1.807, 2.05) is 0 Å². The Morgan fingerprint density at radius 2 is 1.35 bits per heavy atom. The van der Waals surface area contributed by atoms with Gasteiger partial charge in [0.25, 0.3) is 5.91 Å². The Labute approximate surface area is 112 Å². The third-order valence-electron chi connectivity index (χ3n) is 3.01. The second-order valence-corrected chi connectivity index (χ2v) is 4.91. The molecule has 0 radical (unpaired) electrons. The maximum Gasteiger partial charge on any atom is 0.257 e. The number of hydrogen-bond donors (Lipinski definition) is 2. The van der Waals surface area contributed by atoms with Crippen LogP contribution in [0.4, 0.5) is 22.0 Å². The van der Waals surface area contributed by atoms with E-state index in [1.54, 1.807) is 0 Å². The Hall–Kier alpha value is -1.70. The maximum atomic E-state index is 13.4. The molecule has 1 aromatic carbocycles. The topological polar surface area (TPSA) is 55.1 Å². The van der Waals surface area contributed by atoms with Crippen molar-refractivity contribution in [1.29, 1.82) is 0 Å². The van der Waals surface area contributed by atoms with Gasteiger partial charge in [0.05, 0.1) is 0 Å². The molecule has 8 heteroatoms. The minimum absolute atomic E-state index is 0.618. The van der Waals surface area contributed by atoms with Crippen LogP contribution in [-0.4, -0.2) is 17.5 Å². The Balaban J connectivity index is 3.32. The Bertz CT molecular complexity index is 528. The summed E-state index contributed by atoms with van der Waals surface area (Å²) >= 11 is 0. The number of rotatable bonds is 3. The van der Waals surface area contributed by atoms with Gasteiger partial charge in [-0.15, -0.1) is 0 Å². The van der Waals surface area contributed by atoms with Gasteiger partial charge < -0.3 is 11.1 Å². The molecule has 0 saturated heterocycles. The highest BCUT2D eigenvalue weighted by molar-refractivity contribution is 5.95. The molecule has 1 rings (SSSR count). The van der Waals surface area contributed by atoms with E-state index >= 15 is 0 Å². The maximum absolute atomic E-state index is 13.4. The second kappa shape index (κ2) is 5.35. The molecule has 3 nitrogen and oxygen atoms in total. The average Bonchev–Trinajstić information content (AvgIpc) is 2.33. The van der Waals surface area contributed by atoms with Crippen LogP contribution < -0.4 is 11.1 Å². The smallest absolute Gasteiger partial charge is 0.257 e. The molecule has 1 unspecified atom stereocenters. The number of hydrogen-bond acceptors (Lipinski definition) is 2. The van der Waals surface area contributed by atoms with Crippen LogP contribution in [0.5, 0.6) is 0 Å². The van der Waals surface area contributed by atoms with E-state index in [1.165, 1.54) is 20.8 Å². The summed E-state index contributed by atoms with van der Waals surface area (Å²) in [6.07, 6.45) is 0. The number of halogens is 5. The molecule has 112 valence electrons. The molecule has 0 aromatic heterocycles. The van der Waals surface area contributed by atoms with Gasteiger partial charge in [-0.1, -0.05) is 0 Å². The van der Waals surface area contributed by atoms with Gasteiger partial charge in [-0.2, -0.15) is 0 Å². The molecule has 0 bridgehead atoms. The molecule has 0 aliphatic carbocycles.